The topological polar surface area (TPSA) is 114 Å². The monoisotopic (exact) mass is 498 g/mol. The number of rotatable bonds is 12. The Hall–Kier alpha value is -4.17. The van der Waals surface area contributed by atoms with Gasteiger partial charge in [0.2, 0.25) is 0 Å². The van der Waals surface area contributed by atoms with E-state index in [0.29, 0.717) is 22.3 Å². The van der Waals surface area contributed by atoms with E-state index in [4.69, 9.17) is 9.84 Å². The first-order chi connectivity index (χ1) is 17.7. The average molecular weight is 499 g/mol. The number of benzene rings is 3. The van der Waals surface area contributed by atoms with Crippen LogP contribution in [-0.4, -0.2) is 60.6 Å². The fourth-order valence-electron chi connectivity index (χ4n) is 4.32. The summed E-state index contributed by atoms with van der Waals surface area (Å²) < 4.78 is 6.48. The van der Waals surface area contributed by atoms with Crippen molar-refractivity contribution in [3.8, 4) is 29.0 Å². The maximum atomic E-state index is 11.1. The van der Waals surface area contributed by atoms with Gasteiger partial charge in [-0.1, -0.05) is 36.4 Å². The molecule has 0 aliphatic carbocycles. The number of likely N-dealkylation sites (N-methyl/N-ethyl adjacent to an activating group) is 1. The molecule has 0 aliphatic heterocycles. The first kappa shape index (κ1) is 27.4. The minimum atomic E-state index is -0.991. The second-order valence-corrected chi connectivity index (χ2v) is 9.74. The number of carboxylic acids is 1. The lowest BCUT2D eigenvalue weighted by Crippen LogP contribution is -2.47. The van der Waals surface area contributed by atoms with Crippen LogP contribution in [0.15, 0.2) is 66.7 Å². The summed E-state index contributed by atoms with van der Waals surface area (Å²) in [6.45, 7) is 1.41. The van der Waals surface area contributed by atoms with Crippen molar-refractivity contribution < 1.29 is 24.2 Å². The molecular weight excluding hydrogens is 466 g/mol. The molecule has 0 aliphatic rings. The van der Waals surface area contributed by atoms with E-state index in [2.05, 4.69) is 26.2 Å². The summed E-state index contributed by atoms with van der Waals surface area (Å²) in [6.07, 6.45) is 2.04. The quantitative estimate of drug-likeness (QED) is 0.278. The average Bonchev–Trinajstić information content (AvgIpc) is 2.89. The molecule has 0 fully saturated rings. The van der Waals surface area contributed by atoms with Crippen LogP contribution in [0, 0.1) is 22.7 Å². The van der Waals surface area contributed by atoms with Crippen molar-refractivity contribution >= 4 is 5.97 Å². The lowest BCUT2D eigenvalue weighted by Gasteiger charge is -2.32. The molecule has 3 rings (SSSR count). The number of unbranched alkanes of at least 4 members (excludes halogenated alkanes) is 1. The van der Waals surface area contributed by atoms with Gasteiger partial charge in [0, 0.05) is 0 Å². The number of carbonyl (C=O) groups is 1. The van der Waals surface area contributed by atoms with E-state index in [1.807, 2.05) is 24.3 Å². The van der Waals surface area contributed by atoms with Gasteiger partial charge < -0.3 is 19.4 Å². The normalized spacial score (nSPS) is 11.8. The van der Waals surface area contributed by atoms with Crippen LogP contribution in [-0.2, 0) is 6.42 Å². The molecule has 0 radical (unpaired) electrons. The van der Waals surface area contributed by atoms with Crippen molar-refractivity contribution in [1.29, 1.82) is 10.5 Å². The van der Waals surface area contributed by atoms with Crippen molar-refractivity contribution in [1.82, 2.24) is 0 Å². The molecule has 7 heteroatoms. The van der Waals surface area contributed by atoms with E-state index < -0.39 is 12.1 Å². The van der Waals surface area contributed by atoms with Crippen LogP contribution in [0.2, 0.25) is 0 Å². The predicted molar refractivity (Wildman–Crippen MR) is 141 cm³/mol. The maximum absolute atomic E-state index is 11.1. The third kappa shape index (κ3) is 7.91. The molecule has 7 nitrogen and oxygen atoms in total. The van der Waals surface area contributed by atoms with Crippen molar-refractivity contribution in [2.45, 2.75) is 25.4 Å². The Morgan fingerprint density at radius 1 is 0.946 bits per heavy atom. The molecule has 0 bridgehead atoms. The third-order valence-corrected chi connectivity index (χ3v) is 6.30. The van der Waals surface area contributed by atoms with E-state index in [0.717, 1.165) is 48.1 Å². The molecule has 0 spiro atoms. The Morgan fingerprint density at radius 2 is 1.62 bits per heavy atom. The standard InChI is InChI=1S/C30H31N3O4/c1-33(2,16-6-5-8-22-7-3-4-9-26(22)18-31)20-28(34)21-37-29-17-25(14-15-27(29)19-32)23-10-12-24(13-11-23)30(35)36/h3-4,7,9-15,17,28,34H,5-6,8,16,20-21H2,1-2H3/p+1/t28-/m1/s1. The Labute approximate surface area is 218 Å². The highest BCUT2D eigenvalue weighted by atomic mass is 16.5. The molecule has 0 saturated carbocycles. The Kier molecular flexibility index (Phi) is 9.40. The lowest BCUT2D eigenvalue weighted by molar-refractivity contribution is -0.893. The van der Waals surface area contributed by atoms with Crippen LogP contribution >= 0.6 is 0 Å². The smallest absolute Gasteiger partial charge is 0.335 e. The number of aliphatic hydroxyl groups is 1. The summed E-state index contributed by atoms with van der Waals surface area (Å²) in [7, 11) is 4.13. The second-order valence-electron chi connectivity index (χ2n) is 9.74. The predicted octanol–water partition coefficient (Wildman–Crippen LogP) is 4.63. The van der Waals surface area contributed by atoms with E-state index in [1.165, 1.54) is 12.1 Å². The molecule has 190 valence electrons. The molecule has 0 saturated heterocycles. The molecule has 0 amide bonds. The van der Waals surface area contributed by atoms with Gasteiger partial charge in [-0.15, -0.1) is 0 Å². The Balaban J connectivity index is 1.54. The number of aromatic carboxylic acids is 1. The summed E-state index contributed by atoms with van der Waals surface area (Å²) in [5.74, 6) is -0.613. The van der Waals surface area contributed by atoms with E-state index in [1.54, 1.807) is 30.3 Å². The van der Waals surface area contributed by atoms with E-state index in [9.17, 15) is 20.4 Å². The zero-order valence-corrected chi connectivity index (χ0v) is 21.2. The largest absolute Gasteiger partial charge is 0.489 e. The van der Waals surface area contributed by atoms with Crippen LogP contribution in [0.3, 0.4) is 0 Å². The van der Waals surface area contributed by atoms with Gasteiger partial charge in [0.1, 0.15) is 31.1 Å². The van der Waals surface area contributed by atoms with Crippen LogP contribution in [0.4, 0.5) is 0 Å². The zero-order chi connectivity index (χ0) is 26.8. The lowest BCUT2D eigenvalue weighted by atomic mass is 10.0. The molecule has 1 atom stereocenters. The summed E-state index contributed by atoms with van der Waals surface area (Å²) in [5, 5.41) is 38.5. The van der Waals surface area contributed by atoms with Crippen LogP contribution in [0.1, 0.15) is 39.9 Å². The molecule has 3 aromatic carbocycles. The maximum Gasteiger partial charge on any atom is 0.335 e. The molecule has 3 aromatic rings. The SMILES string of the molecule is C[N+](C)(CCCCc1ccccc1C#N)C[C@@H](O)COc1cc(-c2ccc(C(=O)O)cc2)ccc1C#N. The molecule has 0 heterocycles. The first-order valence-corrected chi connectivity index (χ1v) is 12.2. The minimum Gasteiger partial charge on any atom is -0.489 e. The fraction of sp³-hybridized carbons (Fsp3) is 0.300. The zero-order valence-electron chi connectivity index (χ0n) is 21.2. The van der Waals surface area contributed by atoms with Crippen molar-refractivity contribution in [3.05, 3.63) is 89.0 Å². The number of aryl methyl sites for hydroxylation is 1. The highest BCUT2D eigenvalue weighted by molar-refractivity contribution is 5.88. The number of quaternary nitrogens is 1. The highest BCUT2D eigenvalue weighted by Crippen LogP contribution is 2.28. The number of hydrogen-bond acceptors (Lipinski definition) is 5. The number of ether oxygens (including phenoxy) is 1. The van der Waals surface area contributed by atoms with Gasteiger partial charge in [-0.2, -0.15) is 10.5 Å². The molecule has 0 unspecified atom stereocenters. The Bertz CT molecular complexity index is 1300. The number of nitrogens with zero attached hydrogens (tertiary/aromatic N) is 3. The van der Waals surface area contributed by atoms with E-state index in [-0.39, 0.29) is 12.2 Å². The van der Waals surface area contributed by atoms with Gasteiger partial charge in [0.15, 0.2) is 0 Å². The van der Waals surface area contributed by atoms with Gasteiger partial charge in [-0.05, 0) is 66.3 Å². The summed E-state index contributed by atoms with van der Waals surface area (Å²) in [6, 6.07) is 23.7. The van der Waals surface area contributed by atoms with Crippen LogP contribution in [0.5, 0.6) is 5.75 Å². The van der Waals surface area contributed by atoms with Crippen molar-refractivity contribution in [2.24, 2.45) is 0 Å². The Morgan fingerprint density at radius 3 is 2.30 bits per heavy atom. The molecule has 2 N–H and O–H groups in total. The number of nitriles is 2. The minimum absolute atomic E-state index is 0.0489. The summed E-state index contributed by atoms with van der Waals surface area (Å²) >= 11 is 0. The summed E-state index contributed by atoms with van der Waals surface area (Å²) in [4.78, 5) is 11.1. The van der Waals surface area contributed by atoms with Crippen molar-refractivity contribution in [2.75, 3.05) is 33.8 Å². The van der Waals surface area contributed by atoms with Crippen molar-refractivity contribution in [3.63, 3.8) is 0 Å². The molecule has 0 aromatic heterocycles. The number of carboxylic acid groups (broad SMARTS) is 1. The van der Waals surface area contributed by atoms with Gasteiger partial charge in [0.25, 0.3) is 0 Å². The van der Waals surface area contributed by atoms with Gasteiger partial charge >= 0.3 is 5.97 Å². The van der Waals surface area contributed by atoms with Gasteiger partial charge in [-0.25, -0.2) is 4.79 Å². The van der Waals surface area contributed by atoms with Crippen LogP contribution in [0.25, 0.3) is 11.1 Å². The van der Waals surface area contributed by atoms with Gasteiger partial charge in [0.05, 0.1) is 43.4 Å². The highest BCUT2D eigenvalue weighted by Gasteiger charge is 2.21. The van der Waals surface area contributed by atoms with Crippen LogP contribution < -0.4 is 4.74 Å². The third-order valence-electron chi connectivity index (χ3n) is 6.30. The number of aliphatic hydroxyl groups excluding tert-OH is 1. The molecule has 37 heavy (non-hydrogen) atoms. The van der Waals surface area contributed by atoms with Gasteiger partial charge in [-0.3, -0.25) is 0 Å². The molecular formula is C30H32N3O4+. The second kappa shape index (κ2) is 12.7. The van der Waals surface area contributed by atoms with E-state index >= 15 is 0 Å². The number of hydrogen-bond donors (Lipinski definition) is 2. The first-order valence-electron chi connectivity index (χ1n) is 12.2. The summed E-state index contributed by atoms with van der Waals surface area (Å²) in [5.41, 5.74) is 3.94. The fourth-order valence-corrected chi connectivity index (χ4v) is 4.32.